The lowest BCUT2D eigenvalue weighted by Crippen LogP contribution is -2.60. The monoisotopic (exact) mass is 2080 g/mol. The number of likely N-dealkylation sites (tertiary alicyclic amines) is 2. The molecule has 11 atom stereocenters. The van der Waals surface area contributed by atoms with Gasteiger partial charge in [0.2, 0.25) is 94.5 Å². The Morgan fingerprint density at radius 1 is 0.514 bits per heavy atom. The maximum absolute atomic E-state index is 15.6. The highest BCUT2D eigenvalue weighted by Gasteiger charge is 2.46. The normalized spacial score (nSPS) is 19.3. The van der Waals surface area contributed by atoms with Crippen molar-refractivity contribution in [3.05, 3.63) is 59.6 Å². The fraction of sp³-hybridized carbons (Fsp3) is 0.646. The first-order valence-electron chi connectivity index (χ1n) is 51.5. The van der Waals surface area contributed by atoms with Crippen molar-refractivity contribution in [2.45, 2.75) is 317 Å². The van der Waals surface area contributed by atoms with Crippen LogP contribution >= 0.6 is 0 Å². The number of carbonyl (C=O) groups excluding carboxylic acids is 16. The van der Waals surface area contributed by atoms with Gasteiger partial charge in [-0.2, -0.15) is 0 Å². The summed E-state index contributed by atoms with van der Waals surface area (Å²) in [4.78, 5) is 290. The average Bonchev–Trinajstić information content (AvgIpc) is 1.64. The van der Waals surface area contributed by atoms with E-state index >= 15 is 19.2 Å². The highest BCUT2D eigenvalue weighted by atomic mass is 16.5. The Hall–Kier alpha value is -13.9. The van der Waals surface area contributed by atoms with E-state index in [4.69, 9.17) is 31.5 Å². The Morgan fingerprint density at radius 2 is 1.08 bits per heavy atom. The van der Waals surface area contributed by atoms with Gasteiger partial charge >= 0.3 is 23.9 Å². The second-order valence-electron chi connectivity index (χ2n) is 37.6. The molecule has 49 nitrogen and oxygen atoms in total. The van der Waals surface area contributed by atoms with Gasteiger partial charge in [-0.05, 0) is 134 Å². The van der Waals surface area contributed by atoms with Crippen molar-refractivity contribution in [2.75, 3.05) is 91.9 Å². The van der Waals surface area contributed by atoms with Gasteiger partial charge in [-0.3, -0.25) is 116 Å². The van der Waals surface area contributed by atoms with E-state index in [1.165, 1.54) is 48.6 Å². The van der Waals surface area contributed by atoms with E-state index in [2.05, 4.69) is 89.4 Å². The van der Waals surface area contributed by atoms with Crippen LogP contribution in [0.25, 0.3) is 10.9 Å². The molecule has 7 rings (SSSR count). The summed E-state index contributed by atoms with van der Waals surface area (Å²) in [5, 5.41) is 83.3. The molecule has 148 heavy (non-hydrogen) atoms. The van der Waals surface area contributed by atoms with Crippen LogP contribution in [0.1, 0.15) is 250 Å². The molecular formula is C99H151N23O26. The number of ether oxygens (including phenoxy) is 2. The number of aromatic amines is 1. The second-order valence-corrected chi connectivity index (χ2v) is 37.6. The summed E-state index contributed by atoms with van der Waals surface area (Å²) in [6, 6.07) is -9.60. The van der Waals surface area contributed by atoms with Gasteiger partial charge in [0.05, 0.1) is 45.9 Å². The molecule has 49 heteroatoms. The van der Waals surface area contributed by atoms with E-state index in [1.807, 2.05) is 0 Å². The number of carboxylic acid groups (broad SMARTS) is 4. The van der Waals surface area contributed by atoms with Crippen LogP contribution in [0.5, 0.6) is 0 Å². The Labute approximate surface area is 859 Å². The average molecular weight is 2080 g/mol. The molecular weight excluding hydrogens is 1930 g/mol. The molecule has 0 spiro atoms. The first-order chi connectivity index (χ1) is 71.0. The van der Waals surface area contributed by atoms with E-state index in [-0.39, 0.29) is 199 Å². The number of nitrogens with one attached hydrogen (secondary N) is 16. The molecule has 5 aliphatic heterocycles. The van der Waals surface area contributed by atoms with Crippen LogP contribution in [0.3, 0.4) is 0 Å². The van der Waals surface area contributed by atoms with Crippen molar-refractivity contribution in [3.63, 3.8) is 0 Å². The lowest BCUT2D eigenvalue weighted by atomic mass is 10.0. The Kier molecular flexibility index (Phi) is 54.9. The Balaban J connectivity index is 1.01. The van der Waals surface area contributed by atoms with Crippen molar-refractivity contribution >= 4 is 148 Å². The molecule has 1 aromatic heterocycles. The lowest BCUT2D eigenvalue weighted by molar-refractivity contribution is -0.148. The Morgan fingerprint density at radius 3 is 1.72 bits per heavy atom. The van der Waals surface area contributed by atoms with Crippen molar-refractivity contribution in [1.82, 2.24) is 94.1 Å². The maximum Gasteiger partial charge on any atom is 0.317 e. The van der Waals surface area contributed by atoms with Crippen molar-refractivity contribution in [3.8, 4) is 0 Å². The number of allylic oxidation sites excluding steroid dienone is 2. The molecule has 6 heterocycles. The van der Waals surface area contributed by atoms with Gasteiger partial charge in [0, 0.05) is 138 Å². The minimum atomic E-state index is -1.81. The zero-order valence-corrected chi connectivity index (χ0v) is 84.5. The molecule has 818 valence electrons. The number of para-hydroxylation sites is 1. The number of hydrogen-bond acceptors (Lipinski definition) is 26. The topological polar surface area (TPSA) is 735 Å². The van der Waals surface area contributed by atoms with Gasteiger partial charge in [0.25, 0.3) is 0 Å². The molecule has 1 aromatic carbocycles. The van der Waals surface area contributed by atoms with E-state index in [0.29, 0.717) is 48.0 Å². The number of rotatable bonds is 63. The van der Waals surface area contributed by atoms with Gasteiger partial charge < -0.3 is 131 Å². The summed E-state index contributed by atoms with van der Waals surface area (Å²) in [7, 11) is 0. The van der Waals surface area contributed by atoms with Crippen LogP contribution < -0.4 is 85.9 Å². The zero-order valence-electron chi connectivity index (χ0n) is 84.5. The number of aliphatic carboxylic acids is 4. The van der Waals surface area contributed by atoms with E-state index in [1.54, 1.807) is 48.8 Å². The highest BCUT2D eigenvalue weighted by molar-refractivity contribution is 6.02. The van der Waals surface area contributed by atoms with Gasteiger partial charge in [-0.25, -0.2) is 0 Å². The second kappa shape index (κ2) is 67.1. The number of unbranched alkanes of at least 4 members (excludes halogenated alkanes) is 14. The molecule has 5 aliphatic rings. The van der Waals surface area contributed by atoms with Gasteiger partial charge in [-0.15, -0.1) is 0 Å². The fourth-order valence-corrected chi connectivity index (χ4v) is 17.9. The third-order valence-corrected chi connectivity index (χ3v) is 25.6. The summed E-state index contributed by atoms with van der Waals surface area (Å²) in [5.41, 5.74) is 13.3. The summed E-state index contributed by atoms with van der Waals surface area (Å²) in [6.45, 7) is -0.748. The van der Waals surface area contributed by atoms with E-state index in [0.717, 1.165) is 62.7 Å². The zero-order chi connectivity index (χ0) is 108. The number of H-pyrrole nitrogens is 1. The number of aliphatic imine (C=N–C) groups is 2. The molecule has 16 amide bonds. The lowest BCUT2D eigenvalue weighted by Gasteiger charge is -2.33. The first kappa shape index (κ1) is 121. The van der Waals surface area contributed by atoms with Crippen LogP contribution in [0.15, 0.2) is 64.0 Å². The van der Waals surface area contributed by atoms with Crippen molar-refractivity contribution < 1.29 is 126 Å². The number of amides is 16. The predicted molar refractivity (Wildman–Crippen MR) is 540 cm³/mol. The summed E-state index contributed by atoms with van der Waals surface area (Å²) in [5.74, 6) is -18.4. The quantitative estimate of drug-likeness (QED) is 0.0236. The fourth-order valence-electron chi connectivity index (χ4n) is 17.9. The van der Waals surface area contributed by atoms with Crippen molar-refractivity contribution in [2.24, 2.45) is 21.5 Å². The third-order valence-electron chi connectivity index (χ3n) is 25.6. The minimum Gasteiger partial charge on any atom is -0.481 e. The van der Waals surface area contributed by atoms with Gasteiger partial charge in [0.15, 0.2) is 5.96 Å². The number of fused-ring (bicyclic) bond motifs is 1. The number of benzene rings is 1. The van der Waals surface area contributed by atoms with Crippen LogP contribution in [0, 0.1) is 5.41 Å². The minimum absolute atomic E-state index is 0.00449. The smallest absolute Gasteiger partial charge is 0.317 e. The number of aromatic nitrogens is 1. The molecule has 0 aliphatic carbocycles. The maximum atomic E-state index is 15.6. The number of nitrogens with two attached hydrogens (primary N) is 2. The third kappa shape index (κ3) is 46.5. The van der Waals surface area contributed by atoms with E-state index < -0.39 is 224 Å². The molecule has 0 bridgehead atoms. The van der Waals surface area contributed by atoms with Crippen LogP contribution in [-0.2, 0) is 112 Å². The molecule has 24 N–H and O–H groups in total. The number of carbonyl (C=O) groups is 20. The van der Waals surface area contributed by atoms with Crippen LogP contribution in [-0.4, -0.2) is 335 Å². The van der Waals surface area contributed by atoms with Crippen LogP contribution in [0.2, 0.25) is 0 Å². The molecule has 3 fully saturated rings. The molecule has 0 saturated carbocycles. The number of carboxylic acids is 4. The van der Waals surface area contributed by atoms with E-state index in [9.17, 15) is 92.0 Å². The Bertz CT molecular complexity index is 4930. The summed E-state index contributed by atoms with van der Waals surface area (Å²) < 4.78 is 11.0. The molecule has 0 unspecified atom stereocenters. The van der Waals surface area contributed by atoms with Gasteiger partial charge in [-0.1, -0.05) is 101 Å². The first-order valence-corrected chi connectivity index (χ1v) is 51.5. The summed E-state index contributed by atoms with van der Waals surface area (Å²) in [6.07, 6.45) is 21.1. The van der Waals surface area contributed by atoms with Crippen LogP contribution in [0.4, 0.5) is 0 Å². The number of primary amides is 1. The largest absolute Gasteiger partial charge is 0.481 e. The predicted octanol–water partition coefficient (Wildman–Crippen LogP) is 0.00577. The highest BCUT2D eigenvalue weighted by Crippen LogP contribution is 2.29. The van der Waals surface area contributed by atoms with Crippen molar-refractivity contribution in [1.29, 1.82) is 5.41 Å². The molecule has 0 radical (unpaired) electrons. The number of guanidine groups is 1. The number of hydrogen-bond donors (Lipinski definition) is 22. The van der Waals surface area contributed by atoms with Gasteiger partial charge in [0.1, 0.15) is 73.1 Å². The standard InChI is InChI=1S/C99H151N23O26/c1-63(123)111-70-33-18-21-42-105-81(125)57-77(119-94(142)74(54-64-58-109-68-31-16-15-30-67(64)68)116-91(139)71(35-25-46-108-99(101)102)112-82(126)59-110-89(137)75(117-90(70)138)55-65-28-23-44-103-65)97(145)122-50-27-37-79(122)98(146)121-49-26-36-78(121)96(144)118-76(56-66-29-24-45-104-66)95(143)115-73(40-41-85(130)131)93(141)114-72(34-19-22-48-120(60-86(132)133)61-87(134)135)92(140)113-69(88(100)136)32-17-20-43-106-83(127)62-148-53-52-147-51-47-107-80(124)38-13-11-9-7-5-3-2-4-6-8-10-12-14-39-84(128)129/h15-16,28-31,44-45,58,69-79,109H,2-14,17-27,32-43,46-57,59-62H2,1H3,(H2,100,136)(H,105,125)(H,106,127)(H,107,124)(H,110,137)(H,111,123)(H,112,126)(H,113,140)(H,114,141)(H,115,143)(H,116,139)(H,117,138)(H,118,144)(H,119,142)(H,128,129)(H,130,131)(H,132,133)(H,134,135)(H4,101,102,108)/t69-,70-,71-,72-,73-,74-,75-,76-,77-,78-,79-/m0/s1. The summed E-state index contributed by atoms with van der Waals surface area (Å²) >= 11 is 0. The molecule has 3 saturated heterocycles. The number of nitrogens with zero attached hydrogens (tertiary/aromatic N) is 5. The molecule has 2 aromatic rings. The SMILES string of the molecule is CC(=O)N[C@H]1CCCCNC(=O)C[C@@H](C(=O)N2CCC[C@H]2C(=O)N2CCC[C@H]2C(=O)N[C@@H](CC2=CCC=N2)C(=O)N[C@@H](CCC(=O)O)C(=O)N[C@@H](CCCCN(CC(=O)O)CC(=O)O)C(=O)N[C@@H](CCCCNC(=O)COCCOCCNC(=O)CCCCCCCCCCCCCCCC(=O)O)C(N)=O)NC(=O)[C@H](Cc2c[nH]c3ccccc23)NC(=O)[C@H](CCCNC(=N)N)NC(=O)CNC(=O)[C@H](CC2=CCC=N2)NC1=O.